The molecule has 182 valence electrons. The van der Waals surface area contributed by atoms with Gasteiger partial charge in [0.2, 0.25) is 0 Å². The van der Waals surface area contributed by atoms with E-state index in [9.17, 15) is 9.59 Å². The topological polar surface area (TPSA) is 61.8 Å². The Kier molecular flexibility index (Phi) is 9.82. The molecule has 2 heterocycles. The first-order valence-corrected chi connectivity index (χ1v) is 11.7. The van der Waals surface area contributed by atoms with E-state index in [1.807, 2.05) is 6.92 Å². The van der Waals surface area contributed by atoms with Crippen LogP contribution in [0.1, 0.15) is 76.8 Å². The molecular formula is C29H36O5. The molecule has 0 radical (unpaired) electrons. The van der Waals surface area contributed by atoms with Crippen molar-refractivity contribution in [1.29, 1.82) is 0 Å². The fourth-order valence-corrected chi connectivity index (χ4v) is 3.29. The number of carbonyl (C=O) groups excluding carboxylic acids is 2. The van der Waals surface area contributed by atoms with Gasteiger partial charge in [0.1, 0.15) is 12.5 Å². The van der Waals surface area contributed by atoms with Gasteiger partial charge in [-0.3, -0.25) is 0 Å². The van der Waals surface area contributed by atoms with Gasteiger partial charge in [-0.15, -0.1) is 0 Å². The van der Waals surface area contributed by atoms with Crippen molar-refractivity contribution < 1.29 is 23.8 Å². The van der Waals surface area contributed by atoms with E-state index in [4.69, 9.17) is 4.74 Å². The molecule has 5 nitrogen and oxygen atoms in total. The Morgan fingerprint density at radius 1 is 0.794 bits per heavy atom. The summed E-state index contributed by atoms with van der Waals surface area (Å²) in [4.78, 5) is 19.9. The summed E-state index contributed by atoms with van der Waals surface area (Å²) in [6.07, 6.45) is 4.11. The highest BCUT2D eigenvalue weighted by atomic mass is 16.5. The van der Waals surface area contributed by atoms with E-state index in [2.05, 4.69) is 85.7 Å². The maximum atomic E-state index is 9.94. The highest BCUT2D eigenvalue weighted by Gasteiger charge is 2.23. The largest absolute Gasteiger partial charge is 0.430 e. The van der Waals surface area contributed by atoms with Crippen LogP contribution in [-0.2, 0) is 35.6 Å². The van der Waals surface area contributed by atoms with E-state index in [0.717, 1.165) is 13.0 Å². The fourth-order valence-electron chi connectivity index (χ4n) is 3.29. The summed E-state index contributed by atoms with van der Waals surface area (Å²) in [5.74, 6) is -0.398. The van der Waals surface area contributed by atoms with Gasteiger partial charge in [-0.2, -0.15) is 0 Å². The van der Waals surface area contributed by atoms with E-state index in [-0.39, 0.29) is 23.5 Å². The molecule has 0 N–H and O–H groups in total. The van der Waals surface area contributed by atoms with Gasteiger partial charge in [-0.25, -0.2) is 9.59 Å². The van der Waals surface area contributed by atoms with Crippen molar-refractivity contribution in [3.63, 3.8) is 0 Å². The van der Waals surface area contributed by atoms with E-state index < -0.39 is 0 Å². The van der Waals surface area contributed by atoms with Crippen molar-refractivity contribution >= 4 is 11.9 Å². The highest BCUT2D eigenvalue weighted by molar-refractivity contribution is 5.93. The van der Waals surface area contributed by atoms with Gasteiger partial charge in [-0.1, -0.05) is 69.3 Å². The molecule has 0 fully saturated rings. The summed E-state index contributed by atoms with van der Waals surface area (Å²) in [5, 5.41) is 0. The van der Waals surface area contributed by atoms with Crippen LogP contribution in [-0.4, -0.2) is 18.5 Å². The standard InChI is InChI=1S/C21H28O.2C4H4O2/c1-6-17-8-12-19(13-9-17)21(4,5)20-14-10-18(11-15-20)16(3)22-7-2;2*1-3-2-6-4(3)5/h8-16H,6-7H2,1-5H3;2*2H,1H3. The van der Waals surface area contributed by atoms with Crippen molar-refractivity contribution in [2.24, 2.45) is 0 Å². The number of benzene rings is 2. The number of hydrogen-bond donors (Lipinski definition) is 0. The minimum atomic E-state index is -0.199. The molecular weight excluding hydrogens is 428 g/mol. The quantitative estimate of drug-likeness (QED) is 0.453. The lowest BCUT2D eigenvalue weighted by atomic mass is 9.77. The molecule has 2 aromatic carbocycles. The van der Waals surface area contributed by atoms with E-state index in [1.54, 1.807) is 13.8 Å². The third kappa shape index (κ3) is 7.16. The smallest absolute Gasteiger partial charge is 0.341 e. The van der Waals surface area contributed by atoms with Crippen LogP contribution in [0.3, 0.4) is 0 Å². The summed E-state index contributed by atoms with van der Waals surface area (Å²) in [6, 6.07) is 17.9. The molecule has 2 aliphatic heterocycles. The molecule has 2 aromatic rings. The van der Waals surface area contributed by atoms with Crippen LogP contribution in [0.15, 0.2) is 72.2 Å². The van der Waals surface area contributed by atoms with Crippen LogP contribution in [0.5, 0.6) is 0 Å². The Morgan fingerprint density at radius 2 is 1.21 bits per heavy atom. The molecule has 0 saturated heterocycles. The van der Waals surface area contributed by atoms with E-state index in [0.29, 0.717) is 11.1 Å². The van der Waals surface area contributed by atoms with Crippen LogP contribution < -0.4 is 0 Å². The Bertz CT molecular complexity index is 997. The number of carbonyl (C=O) groups is 2. The Balaban J connectivity index is 0.000000274. The first-order chi connectivity index (χ1) is 16.1. The molecule has 0 amide bonds. The summed E-state index contributed by atoms with van der Waals surface area (Å²) in [5.41, 5.74) is 6.74. The molecule has 5 heteroatoms. The number of rotatable bonds is 6. The summed E-state index contributed by atoms with van der Waals surface area (Å²) < 4.78 is 14.1. The number of esters is 2. The monoisotopic (exact) mass is 464 g/mol. The second kappa shape index (κ2) is 12.3. The van der Waals surface area contributed by atoms with Gasteiger partial charge in [0.15, 0.2) is 0 Å². The SMILES string of the molecule is CC1=COC1=O.CC1=COC1=O.CCOC(C)c1ccc(C(C)(C)c2ccc(CC)cc2)cc1. The van der Waals surface area contributed by atoms with Gasteiger partial charge >= 0.3 is 11.9 Å². The molecule has 1 unspecified atom stereocenters. The minimum Gasteiger partial charge on any atom is -0.430 e. The maximum Gasteiger partial charge on any atom is 0.341 e. The van der Waals surface area contributed by atoms with Crippen molar-refractivity contribution in [3.05, 3.63) is 94.5 Å². The zero-order valence-electron chi connectivity index (χ0n) is 21.3. The predicted molar refractivity (Wildman–Crippen MR) is 134 cm³/mol. The third-order valence-corrected chi connectivity index (χ3v) is 5.93. The van der Waals surface area contributed by atoms with Gasteiger partial charge < -0.3 is 14.2 Å². The molecule has 4 rings (SSSR count). The van der Waals surface area contributed by atoms with Gasteiger partial charge in [0.05, 0.1) is 17.3 Å². The van der Waals surface area contributed by atoms with Gasteiger partial charge in [-0.05, 0) is 56.4 Å². The van der Waals surface area contributed by atoms with Crippen molar-refractivity contribution in [1.82, 2.24) is 0 Å². The lowest BCUT2D eigenvalue weighted by Crippen LogP contribution is -2.19. The molecule has 0 aliphatic carbocycles. The summed E-state index contributed by atoms with van der Waals surface area (Å²) in [7, 11) is 0. The zero-order chi connectivity index (χ0) is 25.3. The molecule has 1 atom stereocenters. The number of cyclic esters (lactones) is 2. The molecule has 0 saturated carbocycles. The predicted octanol–water partition coefficient (Wildman–Crippen LogP) is 6.57. The van der Waals surface area contributed by atoms with E-state index >= 15 is 0 Å². The zero-order valence-corrected chi connectivity index (χ0v) is 21.3. The Hall–Kier alpha value is -3.18. The maximum absolute atomic E-state index is 9.94. The first-order valence-electron chi connectivity index (χ1n) is 11.7. The second-order valence-corrected chi connectivity index (χ2v) is 8.81. The van der Waals surface area contributed by atoms with Crippen LogP contribution in [0.2, 0.25) is 0 Å². The van der Waals surface area contributed by atoms with Crippen molar-refractivity contribution in [2.75, 3.05) is 6.61 Å². The minimum absolute atomic E-state index is 0.0135. The fraction of sp³-hybridized carbons (Fsp3) is 0.379. The summed E-state index contributed by atoms with van der Waals surface area (Å²) in [6.45, 7) is 15.1. The molecule has 34 heavy (non-hydrogen) atoms. The first kappa shape index (κ1) is 27.1. The van der Waals surface area contributed by atoms with Crippen molar-refractivity contribution in [2.45, 2.75) is 66.4 Å². The molecule has 0 bridgehead atoms. The highest BCUT2D eigenvalue weighted by Crippen LogP contribution is 2.32. The third-order valence-electron chi connectivity index (χ3n) is 5.93. The van der Waals surface area contributed by atoms with E-state index in [1.165, 1.54) is 34.8 Å². The average Bonchev–Trinajstić information content (AvgIpc) is 2.87. The van der Waals surface area contributed by atoms with Gasteiger partial charge in [0, 0.05) is 12.0 Å². The van der Waals surface area contributed by atoms with Crippen LogP contribution in [0, 0.1) is 0 Å². The van der Waals surface area contributed by atoms with Gasteiger partial charge in [0.25, 0.3) is 0 Å². The molecule has 2 aliphatic rings. The lowest BCUT2D eigenvalue weighted by Gasteiger charge is -2.27. The van der Waals surface area contributed by atoms with Crippen LogP contribution >= 0.6 is 0 Å². The Labute approximate surface area is 203 Å². The van der Waals surface area contributed by atoms with Crippen molar-refractivity contribution in [3.8, 4) is 0 Å². The molecule has 0 spiro atoms. The summed E-state index contributed by atoms with van der Waals surface area (Å²) >= 11 is 0. The number of hydrogen-bond acceptors (Lipinski definition) is 5. The lowest BCUT2D eigenvalue weighted by molar-refractivity contribution is -0.138. The number of aryl methyl sites for hydroxylation is 1. The Morgan fingerprint density at radius 3 is 1.50 bits per heavy atom. The normalized spacial score (nSPS) is 14.9. The average molecular weight is 465 g/mol. The second-order valence-electron chi connectivity index (χ2n) is 8.81. The molecule has 0 aromatic heterocycles. The van der Waals surface area contributed by atoms with Crippen LogP contribution in [0.25, 0.3) is 0 Å². The van der Waals surface area contributed by atoms with Crippen LogP contribution in [0.4, 0.5) is 0 Å². The number of ether oxygens (including phenoxy) is 3.